The average Bonchev–Trinajstić information content (AvgIpc) is 3.33. The molecule has 0 atom stereocenters. The van der Waals surface area contributed by atoms with Crippen LogP contribution in [0.25, 0.3) is 0 Å². The molecule has 142 valence electrons. The summed E-state index contributed by atoms with van der Waals surface area (Å²) < 4.78 is 5.99. The summed E-state index contributed by atoms with van der Waals surface area (Å²) in [7, 11) is 0. The lowest BCUT2D eigenvalue weighted by atomic mass is 10.2. The molecule has 1 fully saturated rings. The molecule has 2 aromatic rings. The molecular formula is C16H15Cl2N5O2S2. The molecule has 0 aromatic carbocycles. The first-order valence-electron chi connectivity index (χ1n) is 8.03. The fourth-order valence-corrected chi connectivity index (χ4v) is 4.74. The fourth-order valence-electron chi connectivity index (χ4n) is 2.76. The zero-order valence-corrected chi connectivity index (χ0v) is 17.5. The van der Waals surface area contributed by atoms with Gasteiger partial charge in [-0.1, -0.05) is 23.2 Å². The van der Waals surface area contributed by atoms with Crippen LogP contribution < -0.4 is 0 Å². The van der Waals surface area contributed by atoms with Gasteiger partial charge < -0.3 is 14.5 Å². The molecule has 3 rings (SSSR count). The minimum absolute atomic E-state index is 0.0134. The van der Waals surface area contributed by atoms with Gasteiger partial charge in [-0.15, -0.1) is 22.7 Å². The van der Waals surface area contributed by atoms with Crippen LogP contribution in [0.1, 0.15) is 16.7 Å². The minimum atomic E-state index is -0.628. The third-order valence-electron chi connectivity index (χ3n) is 3.80. The van der Waals surface area contributed by atoms with Crippen molar-refractivity contribution in [1.82, 2.24) is 19.8 Å². The topological polar surface area (TPSA) is 82.3 Å². The summed E-state index contributed by atoms with van der Waals surface area (Å²) in [5.41, 5.74) is -0.0134. The molecular weight excluding hydrogens is 429 g/mol. The van der Waals surface area contributed by atoms with Gasteiger partial charge >= 0.3 is 5.97 Å². The summed E-state index contributed by atoms with van der Waals surface area (Å²) in [6.45, 7) is 4.23. The zero-order chi connectivity index (χ0) is 19.4. The molecule has 0 N–H and O–H groups in total. The SMILES string of the molecule is CCOC(=O)C(C#N)=C1N(Cc2cnc(Cl)s2)CCN1Cc1cnc(Cl)s1. The van der Waals surface area contributed by atoms with Gasteiger partial charge in [0.15, 0.2) is 14.5 Å². The zero-order valence-electron chi connectivity index (χ0n) is 14.3. The van der Waals surface area contributed by atoms with Crippen molar-refractivity contribution in [3.63, 3.8) is 0 Å². The van der Waals surface area contributed by atoms with E-state index >= 15 is 0 Å². The lowest BCUT2D eigenvalue weighted by Gasteiger charge is -2.25. The molecule has 1 aliphatic heterocycles. The van der Waals surface area contributed by atoms with Gasteiger partial charge in [-0.2, -0.15) is 5.26 Å². The van der Waals surface area contributed by atoms with E-state index < -0.39 is 5.97 Å². The second-order valence-corrected chi connectivity index (χ2v) is 8.93. The Morgan fingerprint density at radius 2 is 1.70 bits per heavy atom. The second kappa shape index (κ2) is 8.89. The molecule has 3 heterocycles. The first-order chi connectivity index (χ1) is 13.0. The number of hydrogen-bond donors (Lipinski definition) is 0. The van der Waals surface area contributed by atoms with Crippen molar-refractivity contribution >= 4 is 51.8 Å². The first kappa shape index (κ1) is 19.9. The fraction of sp³-hybridized carbons (Fsp3) is 0.375. The maximum Gasteiger partial charge on any atom is 0.352 e. The maximum absolute atomic E-state index is 12.3. The first-order valence-corrected chi connectivity index (χ1v) is 10.4. The van der Waals surface area contributed by atoms with Crippen molar-refractivity contribution in [2.75, 3.05) is 19.7 Å². The third-order valence-corrected chi connectivity index (χ3v) is 6.00. The number of nitrogens with zero attached hydrogens (tertiary/aromatic N) is 5. The Hall–Kier alpha value is -1.86. The van der Waals surface area contributed by atoms with Crippen LogP contribution >= 0.6 is 45.9 Å². The molecule has 2 aromatic heterocycles. The molecule has 0 amide bonds. The number of nitriles is 1. The summed E-state index contributed by atoms with van der Waals surface area (Å²) >= 11 is 14.6. The normalized spacial score (nSPS) is 13.8. The Morgan fingerprint density at radius 3 is 2.07 bits per heavy atom. The Kier molecular flexibility index (Phi) is 6.55. The van der Waals surface area contributed by atoms with Crippen LogP contribution in [-0.4, -0.2) is 45.4 Å². The average molecular weight is 444 g/mol. The maximum atomic E-state index is 12.3. The number of halogens is 2. The monoisotopic (exact) mass is 443 g/mol. The van der Waals surface area contributed by atoms with Crippen LogP contribution in [0.4, 0.5) is 0 Å². The molecule has 0 unspecified atom stereocenters. The number of thiazole rings is 2. The number of hydrogen-bond acceptors (Lipinski definition) is 9. The van der Waals surface area contributed by atoms with Crippen LogP contribution in [0.2, 0.25) is 8.93 Å². The smallest absolute Gasteiger partial charge is 0.352 e. The van der Waals surface area contributed by atoms with Gasteiger partial charge in [-0.05, 0) is 6.92 Å². The molecule has 0 saturated carbocycles. The number of ether oxygens (including phenoxy) is 1. The van der Waals surface area contributed by atoms with E-state index in [1.165, 1.54) is 22.7 Å². The Balaban J connectivity index is 1.93. The number of carbonyl (C=O) groups excluding carboxylic acids is 1. The summed E-state index contributed by atoms with van der Waals surface area (Å²) in [6, 6.07) is 2.02. The van der Waals surface area contributed by atoms with E-state index in [4.69, 9.17) is 27.9 Å². The van der Waals surface area contributed by atoms with Gasteiger partial charge in [-0.3, -0.25) is 0 Å². The van der Waals surface area contributed by atoms with Crippen LogP contribution in [0.5, 0.6) is 0 Å². The van der Waals surface area contributed by atoms with Crippen molar-refractivity contribution in [3.05, 3.63) is 42.5 Å². The molecule has 7 nitrogen and oxygen atoms in total. The molecule has 27 heavy (non-hydrogen) atoms. The van der Waals surface area contributed by atoms with Gasteiger partial charge in [0, 0.05) is 35.2 Å². The van der Waals surface area contributed by atoms with Crippen LogP contribution in [0.15, 0.2) is 23.8 Å². The summed E-state index contributed by atoms with van der Waals surface area (Å²) in [4.78, 5) is 26.3. The van der Waals surface area contributed by atoms with E-state index in [9.17, 15) is 10.1 Å². The predicted octanol–water partition coefficient (Wildman–Crippen LogP) is 3.52. The van der Waals surface area contributed by atoms with E-state index in [0.717, 1.165) is 9.75 Å². The van der Waals surface area contributed by atoms with Gasteiger partial charge in [0.25, 0.3) is 0 Å². The van der Waals surface area contributed by atoms with Crippen molar-refractivity contribution in [2.45, 2.75) is 20.0 Å². The summed E-state index contributed by atoms with van der Waals surface area (Å²) in [5.74, 6) is -0.0819. The van der Waals surface area contributed by atoms with Crippen molar-refractivity contribution in [1.29, 1.82) is 5.26 Å². The van der Waals surface area contributed by atoms with Gasteiger partial charge in [0.05, 0.1) is 19.7 Å². The van der Waals surface area contributed by atoms with E-state index in [2.05, 4.69) is 9.97 Å². The number of rotatable bonds is 6. The van der Waals surface area contributed by atoms with Gasteiger partial charge in [-0.25, -0.2) is 14.8 Å². The largest absolute Gasteiger partial charge is 0.462 e. The van der Waals surface area contributed by atoms with Crippen LogP contribution in [-0.2, 0) is 22.6 Å². The Morgan fingerprint density at radius 1 is 1.19 bits per heavy atom. The molecule has 1 saturated heterocycles. The standard InChI is InChI=1S/C16H15Cl2N5O2S2/c1-2-25-14(24)12(5-19)13-22(8-10-6-20-15(17)26-10)3-4-23(13)9-11-7-21-16(18)27-11/h6-7H,2-4,8-9H2,1H3. The second-order valence-electron chi connectivity index (χ2n) is 5.53. The molecule has 0 radical (unpaired) electrons. The number of carbonyl (C=O) groups is 1. The van der Waals surface area contributed by atoms with Crippen molar-refractivity contribution < 1.29 is 9.53 Å². The van der Waals surface area contributed by atoms with E-state index in [0.29, 0.717) is 40.9 Å². The Labute approximate surface area is 174 Å². The van der Waals surface area contributed by atoms with Gasteiger partial charge in [0.2, 0.25) is 0 Å². The molecule has 0 bridgehead atoms. The van der Waals surface area contributed by atoms with Crippen LogP contribution in [0.3, 0.4) is 0 Å². The lowest BCUT2D eigenvalue weighted by molar-refractivity contribution is -0.138. The van der Waals surface area contributed by atoms with E-state index in [1.54, 1.807) is 19.3 Å². The highest BCUT2D eigenvalue weighted by Gasteiger charge is 2.32. The molecule has 0 aliphatic carbocycles. The van der Waals surface area contributed by atoms with Crippen molar-refractivity contribution in [3.8, 4) is 6.07 Å². The lowest BCUT2D eigenvalue weighted by Crippen LogP contribution is -2.27. The highest BCUT2D eigenvalue weighted by molar-refractivity contribution is 7.16. The molecule has 11 heteroatoms. The highest BCUT2D eigenvalue weighted by Crippen LogP contribution is 2.30. The summed E-state index contributed by atoms with van der Waals surface area (Å²) in [6.07, 6.45) is 3.40. The number of aromatic nitrogens is 2. The molecule has 0 spiro atoms. The van der Waals surface area contributed by atoms with Crippen molar-refractivity contribution in [2.24, 2.45) is 0 Å². The molecule has 1 aliphatic rings. The predicted molar refractivity (Wildman–Crippen MR) is 104 cm³/mol. The highest BCUT2D eigenvalue weighted by atomic mass is 35.5. The third kappa shape index (κ3) is 4.71. The van der Waals surface area contributed by atoms with E-state index in [1.807, 2.05) is 15.9 Å². The van der Waals surface area contributed by atoms with Crippen LogP contribution in [0, 0.1) is 11.3 Å². The summed E-state index contributed by atoms with van der Waals surface area (Å²) in [5, 5.41) is 9.64. The van der Waals surface area contributed by atoms with E-state index in [-0.39, 0.29) is 12.2 Å². The Bertz CT molecular complexity index is 853. The van der Waals surface area contributed by atoms with Gasteiger partial charge in [0.1, 0.15) is 11.9 Å². The number of esters is 1. The quantitative estimate of drug-likeness (QED) is 0.383. The minimum Gasteiger partial charge on any atom is -0.462 e.